The SMILES string of the molecule is CCCCCCCC/C=C\CCCCCCCC(=O)O[C@@H](COP(=O)(O)OCCNC(=O)CCCCCCCCCCCCC)C(O)C(=O)CCCCCCCCCCCCCCC. The number of hydrogen-bond acceptors (Lipinski definition) is 8. The molecular formula is C53H102NO9P. The summed E-state index contributed by atoms with van der Waals surface area (Å²) in [7, 11) is -4.64. The third kappa shape index (κ3) is 44.3. The second-order valence-corrected chi connectivity index (χ2v) is 20.0. The van der Waals surface area contributed by atoms with E-state index >= 15 is 0 Å². The number of Topliss-reactive ketones (excluding diaryl/α,β-unsaturated/α-hetero) is 1. The molecule has 2 unspecified atom stereocenters. The number of rotatable bonds is 51. The molecule has 0 fully saturated rings. The van der Waals surface area contributed by atoms with Crippen LogP contribution in [0.25, 0.3) is 0 Å². The van der Waals surface area contributed by atoms with Gasteiger partial charge in [0.15, 0.2) is 18.0 Å². The van der Waals surface area contributed by atoms with Crippen LogP contribution < -0.4 is 5.32 Å². The third-order valence-electron chi connectivity index (χ3n) is 12.2. The van der Waals surface area contributed by atoms with Crippen LogP contribution in [0.4, 0.5) is 0 Å². The van der Waals surface area contributed by atoms with Gasteiger partial charge in [0.05, 0.1) is 13.2 Å². The number of ketones is 1. The van der Waals surface area contributed by atoms with Gasteiger partial charge in [-0.1, -0.05) is 226 Å². The van der Waals surface area contributed by atoms with E-state index in [0.717, 1.165) is 77.0 Å². The lowest BCUT2D eigenvalue weighted by molar-refractivity contribution is -0.161. The average molecular weight is 928 g/mol. The van der Waals surface area contributed by atoms with Crippen LogP contribution in [-0.2, 0) is 32.7 Å². The molecule has 0 aliphatic carbocycles. The molecule has 0 bridgehead atoms. The molecule has 10 nitrogen and oxygen atoms in total. The number of ether oxygens (including phenoxy) is 1. The van der Waals surface area contributed by atoms with Gasteiger partial charge in [0.1, 0.15) is 0 Å². The number of aliphatic hydroxyl groups excluding tert-OH is 1. The van der Waals surface area contributed by atoms with E-state index in [0.29, 0.717) is 19.3 Å². The minimum atomic E-state index is -4.64. The van der Waals surface area contributed by atoms with Gasteiger partial charge in [-0.05, 0) is 44.9 Å². The summed E-state index contributed by atoms with van der Waals surface area (Å²) >= 11 is 0. The molecule has 0 saturated carbocycles. The van der Waals surface area contributed by atoms with E-state index in [2.05, 4.69) is 38.2 Å². The van der Waals surface area contributed by atoms with Crippen LogP contribution in [0.3, 0.4) is 0 Å². The van der Waals surface area contributed by atoms with Crippen molar-refractivity contribution in [2.24, 2.45) is 0 Å². The van der Waals surface area contributed by atoms with Crippen molar-refractivity contribution in [3.05, 3.63) is 12.2 Å². The van der Waals surface area contributed by atoms with Gasteiger partial charge in [-0.25, -0.2) is 4.57 Å². The lowest BCUT2D eigenvalue weighted by Crippen LogP contribution is -2.40. The van der Waals surface area contributed by atoms with Crippen LogP contribution in [0.5, 0.6) is 0 Å². The molecule has 0 aliphatic rings. The van der Waals surface area contributed by atoms with Crippen molar-refractivity contribution in [1.82, 2.24) is 5.32 Å². The van der Waals surface area contributed by atoms with Gasteiger partial charge < -0.3 is 20.1 Å². The van der Waals surface area contributed by atoms with Crippen molar-refractivity contribution in [1.29, 1.82) is 0 Å². The molecule has 0 saturated heterocycles. The van der Waals surface area contributed by atoms with E-state index < -0.39 is 38.4 Å². The molecule has 0 spiro atoms. The maximum Gasteiger partial charge on any atom is 0.472 e. The second kappa shape index (κ2) is 47.9. The largest absolute Gasteiger partial charge is 0.472 e. The van der Waals surface area contributed by atoms with Gasteiger partial charge in [-0.3, -0.25) is 23.4 Å². The van der Waals surface area contributed by atoms with Crippen molar-refractivity contribution in [2.75, 3.05) is 19.8 Å². The highest BCUT2D eigenvalue weighted by Gasteiger charge is 2.33. The Morgan fingerprint density at radius 2 is 0.859 bits per heavy atom. The summed E-state index contributed by atoms with van der Waals surface area (Å²) < 4.78 is 28.5. The van der Waals surface area contributed by atoms with Crippen LogP contribution in [0.2, 0.25) is 0 Å². The first kappa shape index (κ1) is 62.4. The van der Waals surface area contributed by atoms with Gasteiger partial charge in [0.25, 0.3) is 0 Å². The topological polar surface area (TPSA) is 148 Å². The maximum absolute atomic E-state index is 13.1. The van der Waals surface area contributed by atoms with Crippen molar-refractivity contribution in [2.45, 2.75) is 290 Å². The minimum absolute atomic E-state index is 0.0272. The fraction of sp³-hybridized carbons (Fsp3) is 0.906. The average Bonchev–Trinajstić information content (AvgIpc) is 3.28. The molecule has 0 radical (unpaired) electrons. The number of nitrogens with one attached hydrogen (secondary N) is 1. The van der Waals surface area contributed by atoms with Crippen LogP contribution in [0, 0.1) is 0 Å². The van der Waals surface area contributed by atoms with Crippen LogP contribution in [-0.4, -0.2) is 59.6 Å². The van der Waals surface area contributed by atoms with Gasteiger partial charge in [-0.2, -0.15) is 0 Å². The van der Waals surface area contributed by atoms with Crippen molar-refractivity contribution < 1.29 is 42.7 Å². The zero-order valence-corrected chi connectivity index (χ0v) is 42.8. The predicted molar refractivity (Wildman–Crippen MR) is 266 cm³/mol. The first-order valence-corrected chi connectivity index (χ1v) is 28.6. The first-order valence-electron chi connectivity index (χ1n) is 27.1. The summed E-state index contributed by atoms with van der Waals surface area (Å²) in [6.45, 7) is 5.80. The number of aliphatic hydroxyl groups is 1. The smallest absolute Gasteiger partial charge is 0.457 e. The molecule has 0 heterocycles. The summed E-state index contributed by atoms with van der Waals surface area (Å²) in [4.78, 5) is 48.6. The molecule has 1 amide bonds. The number of esters is 1. The van der Waals surface area contributed by atoms with Crippen LogP contribution in [0.15, 0.2) is 12.2 Å². The third-order valence-corrected chi connectivity index (χ3v) is 13.2. The Bertz CT molecular complexity index is 1140. The molecule has 0 rings (SSSR count). The molecule has 3 atom stereocenters. The molecule has 11 heteroatoms. The Balaban J connectivity index is 4.66. The van der Waals surface area contributed by atoms with E-state index in [1.165, 1.54) is 148 Å². The molecule has 3 N–H and O–H groups in total. The van der Waals surface area contributed by atoms with Crippen molar-refractivity contribution in [3.63, 3.8) is 0 Å². The number of phosphoric acid groups is 1. The Morgan fingerprint density at radius 3 is 1.28 bits per heavy atom. The van der Waals surface area contributed by atoms with Crippen LogP contribution >= 0.6 is 7.82 Å². The Labute approximate surface area is 394 Å². The van der Waals surface area contributed by atoms with Gasteiger partial charge in [0.2, 0.25) is 5.91 Å². The number of phosphoric ester groups is 1. The van der Waals surface area contributed by atoms with E-state index in [9.17, 15) is 28.9 Å². The van der Waals surface area contributed by atoms with Gasteiger partial charge in [-0.15, -0.1) is 0 Å². The van der Waals surface area contributed by atoms with Crippen LogP contribution in [0.1, 0.15) is 278 Å². The van der Waals surface area contributed by atoms with Crippen molar-refractivity contribution in [3.8, 4) is 0 Å². The van der Waals surface area contributed by atoms with Gasteiger partial charge in [0, 0.05) is 25.8 Å². The monoisotopic (exact) mass is 928 g/mol. The minimum Gasteiger partial charge on any atom is -0.457 e. The number of hydrogen-bond donors (Lipinski definition) is 3. The molecule has 0 aromatic carbocycles. The highest BCUT2D eigenvalue weighted by atomic mass is 31.2. The lowest BCUT2D eigenvalue weighted by Gasteiger charge is -2.23. The molecule has 0 aromatic heterocycles. The summed E-state index contributed by atoms with van der Waals surface area (Å²) in [5, 5.41) is 13.7. The second-order valence-electron chi connectivity index (χ2n) is 18.5. The van der Waals surface area contributed by atoms with E-state index in [1.54, 1.807) is 0 Å². The van der Waals surface area contributed by atoms with Gasteiger partial charge >= 0.3 is 13.8 Å². The molecular weight excluding hydrogens is 826 g/mol. The number of amides is 1. The molecule has 0 aromatic rings. The Morgan fingerprint density at radius 1 is 0.500 bits per heavy atom. The summed E-state index contributed by atoms with van der Waals surface area (Å²) in [5.41, 5.74) is 0. The van der Waals surface area contributed by atoms with Crippen molar-refractivity contribution >= 4 is 25.5 Å². The zero-order chi connectivity index (χ0) is 47.0. The number of carbonyl (C=O) groups excluding carboxylic acids is 3. The fourth-order valence-electron chi connectivity index (χ4n) is 8.02. The number of carbonyl (C=O) groups is 3. The highest BCUT2D eigenvalue weighted by Crippen LogP contribution is 2.43. The fourth-order valence-corrected chi connectivity index (χ4v) is 8.76. The van der Waals surface area contributed by atoms with E-state index in [-0.39, 0.29) is 31.9 Å². The molecule has 378 valence electrons. The molecule has 0 aliphatic heterocycles. The summed E-state index contributed by atoms with van der Waals surface area (Å²) in [6, 6.07) is 0. The highest BCUT2D eigenvalue weighted by molar-refractivity contribution is 7.47. The number of unbranched alkanes of at least 4 members (excludes halogenated alkanes) is 33. The Hall–Kier alpha value is -1.58. The first-order chi connectivity index (χ1) is 31.2. The normalized spacial score (nSPS) is 13.6. The zero-order valence-electron chi connectivity index (χ0n) is 41.9. The molecule has 64 heavy (non-hydrogen) atoms. The van der Waals surface area contributed by atoms with E-state index in [4.69, 9.17) is 13.8 Å². The predicted octanol–water partition coefficient (Wildman–Crippen LogP) is 15.3. The lowest BCUT2D eigenvalue weighted by atomic mass is 10.0. The maximum atomic E-state index is 13.1. The summed E-state index contributed by atoms with van der Waals surface area (Å²) in [6.07, 6.45) is 45.2. The standard InChI is InChI=1S/C53H102NO9P/c1-4-7-10-13-16-19-22-24-25-27-30-33-36-39-42-45-52(57)63-50(53(58)49(55)43-40-37-34-31-29-26-23-20-17-14-11-8-5-2)48-62-64(59,60)61-47-46-54-51(56)44-41-38-35-32-28-21-18-15-12-9-6-3/h24-25,50,53,58H,4-23,26-48H2,1-3H3,(H,54,56)(H,59,60)/b25-24-/t50-,53?/m0/s1. The quantitative estimate of drug-likeness (QED) is 0.0235. The van der Waals surface area contributed by atoms with E-state index in [1.807, 2.05) is 0 Å². The number of allylic oxidation sites excluding steroid dienone is 2. The summed E-state index contributed by atoms with van der Waals surface area (Å²) in [5.74, 6) is -1.22. The Kier molecular flexibility index (Phi) is 46.7.